The monoisotopic (exact) mass is 191 g/mol. The number of nitrogens with zero attached hydrogens (tertiary/aromatic N) is 1. The van der Waals surface area contributed by atoms with Crippen molar-refractivity contribution in [3.8, 4) is 0 Å². The van der Waals surface area contributed by atoms with E-state index in [1.54, 1.807) is 6.20 Å². The summed E-state index contributed by atoms with van der Waals surface area (Å²) in [7, 11) is 0. The van der Waals surface area contributed by atoms with Crippen LogP contribution in [0.15, 0.2) is 18.3 Å². The molecule has 1 aromatic heterocycles. The number of aromatic nitrogens is 1. The molecule has 0 aliphatic heterocycles. The summed E-state index contributed by atoms with van der Waals surface area (Å²) in [6.45, 7) is 2.23. The standard InChI is InChI=1S/C11H17N3/c1-2-4-8-7-10(8)14-11-9(12)5-3-6-13-11/h3,5-6,8,10H,2,4,7,12H2,1H3,(H,13,14). The minimum Gasteiger partial charge on any atom is -0.396 e. The second kappa shape index (κ2) is 3.86. The van der Waals surface area contributed by atoms with Gasteiger partial charge in [-0.1, -0.05) is 13.3 Å². The number of anilines is 2. The van der Waals surface area contributed by atoms with Gasteiger partial charge in [0, 0.05) is 12.2 Å². The van der Waals surface area contributed by atoms with Gasteiger partial charge in [-0.2, -0.15) is 0 Å². The molecule has 1 heterocycles. The van der Waals surface area contributed by atoms with E-state index < -0.39 is 0 Å². The van der Waals surface area contributed by atoms with Crippen molar-refractivity contribution in [3.63, 3.8) is 0 Å². The highest BCUT2D eigenvalue weighted by Crippen LogP contribution is 2.37. The van der Waals surface area contributed by atoms with Crippen LogP contribution in [0.2, 0.25) is 0 Å². The largest absolute Gasteiger partial charge is 0.396 e. The van der Waals surface area contributed by atoms with Crippen molar-refractivity contribution in [1.82, 2.24) is 4.98 Å². The first kappa shape index (κ1) is 9.31. The average molecular weight is 191 g/mol. The molecule has 1 saturated carbocycles. The normalized spacial score (nSPS) is 24.6. The Morgan fingerprint density at radius 2 is 2.50 bits per heavy atom. The van der Waals surface area contributed by atoms with Crippen LogP contribution in [0, 0.1) is 5.92 Å². The van der Waals surface area contributed by atoms with Gasteiger partial charge in [0.1, 0.15) is 5.82 Å². The topological polar surface area (TPSA) is 50.9 Å². The molecule has 0 radical (unpaired) electrons. The summed E-state index contributed by atoms with van der Waals surface area (Å²) < 4.78 is 0. The first-order chi connectivity index (χ1) is 6.81. The second-order valence-corrected chi connectivity index (χ2v) is 3.98. The molecule has 1 aliphatic rings. The Bertz CT molecular complexity index is 311. The fourth-order valence-corrected chi connectivity index (χ4v) is 1.83. The number of hydrogen-bond acceptors (Lipinski definition) is 3. The molecule has 3 N–H and O–H groups in total. The predicted octanol–water partition coefficient (Wildman–Crippen LogP) is 2.26. The van der Waals surface area contributed by atoms with Crippen LogP contribution in [-0.4, -0.2) is 11.0 Å². The average Bonchev–Trinajstić information content (AvgIpc) is 2.89. The molecule has 1 aromatic rings. The van der Waals surface area contributed by atoms with Crippen molar-refractivity contribution < 1.29 is 0 Å². The van der Waals surface area contributed by atoms with Crippen LogP contribution in [0.3, 0.4) is 0 Å². The zero-order chi connectivity index (χ0) is 9.97. The van der Waals surface area contributed by atoms with Gasteiger partial charge >= 0.3 is 0 Å². The maximum absolute atomic E-state index is 5.79. The number of nitrogens with one attached hydrogen (secondary N) is 1. The number of pyridine rings is 1. The Morgan fingerprint density at radius 3 is 3.21 bits per heavy atom. The maximum atomic E-state index is 5.79. The molecule has 2 unspecified atom stereocenters. The van der Waals surface area contributed by atoms with Crippen molar-refractivity contribution in [3.05, 3.63) is 18.3 Å². The highest BCUT2D eigenvalue weighted by atomic mass is 15.1. The van der Waals surface area contributed by atoms with E-state index in [0.717, 1.165) is 17.4 Å². The van der Waals surface area contributed by atoms with Gasteiger partial charge in [0.15, 0.2) is 0 Å². The van der Waals surface area contributed by atoms with E-state index in [4.69, 9.17) is 5.73 Å². The van der Waals surface area contributed by atoms with E-state index in [1.165, 1.54) is 19.3 Å². The lowest BCUT2D eigenvalue weighted by atomic mass is 10.2. The molecule has 76 valence electrons. The van der Waals surface area contributed by atoms with Gasteiger partial charge in [-0.3, -0.25) is 0 Å². The van der Waals surface area contributed by atoms with Gasteiger partial charge < -0.3 is 11.1 Å². The highest BCUT2D eigenvalue weighted by Gasteiger charge is 2.36. The van der Waals surface area contributed by atoms with Crippen molar-refractivity contribution in [2.45, 2.75) is 32.2 Å². The Morgan fingerprint density at radius 1 is 1.64 bits per heavy atom. The van der Waals surface area contributed by atoms with Crippen molar-refractivity contribution in [2.24, 2.45) is 5.92 Å². The predicted molar refractivity (Wildman–Crippen MR) is 59.1 cm³/mol. The summed E-state index contributed by atoms with van der Waals surface area (Å²) in [6.07, 6.45) is 5.62. The van der Waals surface area contributed by atoms with Crippen LogP contribution in [-0.2, 0) is 0 Å². The van der Waals surface area contributed by atoms with E-state index >= 15 is 0 Å². The first-order valence-corrected chi connectivity index (χ1v) is 5.28. The SMILES string of the molecule is CCCC1CC1Nc1ncccc1N. The van der Waals surface area contributed by atoms with Crippen LogP contribution in [0.1, 0.15) is 26.2 Å². The molecule has 0 amide bonds. The molecule has 2 rings (SSSR count). The van der Waals surface area contributed by atoms with Gasteiger partial charge in [0.05, 0.1) is 5.69 Å². The lowest BCUT2D eigenvalue weighted by Crippen LogP contribution is -2.08. The van der Waals surface area contributed by atoms with E-state index in [9.17, 15) is 0 Å². The molecular weight excluding hydrogens is 174 g/mol. The Labute approximate surface area is 84.7 Å². The highest BCUT2D eigenvalue weighted by molar-refractivity contribution is 5.61. The fourth-order valence-electron chi connectivity index (χ4n) is 1.83. The quantitative estimate of drug-likeness (QED) is 0.767. The minimum absolute atomic E-state index is 0.604. The van der Waals surface area contributed by atoms with E-state index in [2.05, 4.69) is 17.2 Å². The third-order valence-electron chi connectivity index (χ3n) is 2.74. The molecule has 2 atom stereocenters. The molecule has 0 saturated heterocycles. The van der Waals surface area contributed by atoms with Crippen LogP contribution in [0.25, 0.3) is 0 Å². The van der Waals surface area contributed by atoms with Crippen molar-refractivity contribution >= 4 is 11.5 Å². The zero-order valence-electron chi connectivity index (χ0n) is 8.53. The fraction of sp³-hybridized carbons (Fsp3) is 0.545. The molecule has 1 fully saturated rings. The van der Waals surface area contributed by atoms with Crippen LogP contribution in [0.4, 0.5) is 11.5 Å². The van der Waals surface area contributed by atoms with Crippen molar-refractivity contribution in [2.75, 3.05) is 11.1 Å². The van der Waals surface area contributed by atoms with E-state index in [0.29, 0.717) is 6.04 Å². The van der Waals surface area contributed by atoms with E-state index in [1.807, 2.05) is 12.1 Å². The van der Waals surface area contributed by atoms with Crippen molar-refractivity contribution in [1.29, 1.82) is 0 Å². The molecule has 1 aliphatic carbocycles. The summed E-state index contributed by atoms with van der Waals surface area (Å²) in [5.74, 6) is 1.68. The Balaban J connectivity index is 1.90. The number of hydrogen-bond donors (Lipinski definition) is 2. The zero-order valence-corrected chi connectivity index (χ0v) is 8.53. The molecular formula is C11H17N3. The molecule has 0 spiro atoms. The summed E-state index contributed by atoms with van der Waals surface area (Å²) in [5.41, 5.74) is 6.54. The molecule has 0 aromatic carbocycles. The molecule has 3 heteroatoms. The lowest BCUT2D eigenvalue weighted by molar-refractivity contribution is 0.692. The molecule has 14 heavy (non-hydrogen) atoms. The van der Waals surface area contributed by atoms with Gasteiger partial charge in [0.25, 0.3) is 0 Å². The minimum atomic E-state index is 0.604. The first-order valence-electron chi connectivity index (χ1n) is 5.28. The van der Waals surface area contributed by atoms with E-state index in [-0.39, 0.29) is 0 Å². The number of rotatable bonds is 4. The second-order valence-electron chi connectivity index (χ2n) is 3.98. The molecule has 0 bridgehead atoms. The smallest absolute Gasteiger partial charge is 0.149 e. The Hall–Kier alpha value is -1.25. The van der Waals surface area contributed by atoms with Gasteiger partial charge in [-0.05, 0) is 30.9 Å². The summed E-state index contributed by atoms with van der Waals surface area (Å²) >= 11 is 0. The van der Waals surface area contributed by atoms with Crippen LogP contribution < -0.4 is 11.1 Å². The van der Waals surface area contributed by atoms with Crippen LogP contribution >= 0.6 is 0 Å². The summed E-state index contributed by atoms with van der Waals surface area (Å²) in [5, 5.41) is 3.38. The molecule has 3 nitrogen and oxygen atoms in total. The van der Waals surface area contributed by atoms with Gasteiger partial charge in [0.2, 0.25) is 0 Å². The third-order valence-corrected chi connectivity index (χ3v) is 2.74. The van der Waals surface area contributed by atoms with Gasteiger partial charge in [-0.15, -0.1) is 0 Å². The van der Waals surface area contributed by atoms with Crippen LogP contribution in [0.5, 0.6) is 0 Å². The maximum Gasteiger partial charge on any atom is 0.149 e. The summed E-state index contributed by atoms with van der Waals surface area (Å²) in [6, 6.07) is 4.34. The Kier molecular flexibility index (Phi) is 2.57. The third kappa shape index (κ3) is 1.97. The lowest BCUT2D eigenvalue weighted by Gasteiger charge is -2.06. The number of nitrogens with two attached hydrogens (primary N) is 1. The van der Waals surface area contributed by atoms with Gasteiger partial charge in [-0.25, -0.2) is 4.98 Å². The number of nitrogen functional groups attached to an aromatic ring is 1. The summed E-state index contributed by atoms with van der Waals surface area (Å²) in [4.78, 5) is 4.22.